The summed E-state index contributed by atoms with van der Waals surface area (Å²) >= 11 is 1.56. The SMILES string of the molecule is CC1(C)CCc2nc(COC(=O)NCc3ccc4c(c3F)C(=O)N([C@H]3CCC(=O)NC3=O)C4)sc2C1. The number of alkyl carbamates (subject to hydrolysis) is 1. The van der Waals surface area contributed by atoms with E-state index in [0.29, 0.717) is 5.56 Å². The second kappa shape index (κ2) is 9.27. The molecule has 190 valence electrons. The number of ether oxygens (including phenoxy) is 1. The highest BCUT2D eigenvalue weighted by molar-refractivity contribution is 7.11. The second-order valence-electron chi connectivity index (χ2n) is 10.2. The van der Waals surface area contributed by atoms with Gasteiger partial charge in [-0.1, -0.05) is 26.0 Å². The first kappa shape index (κ1) is 24.4. The van der Waals surface area contributed by atoms with Gasteiger partial charge in [0.25, 0.3) is 5.91 Å². The van der Waals surface area contributed by atoms with Gasteiger partial charge in [0, 0.05) is 30.0 Å². The molecule has 1 aliphatic carbocycles. The third-order valence-electron chi connectivity index (χ3n) is 6.96. The number of thiazole rings is 1. The number of carbonyl (C=O) groups excluding carboxylic acids is 4. The number of fused-ring (bicyclic) bond motifs is 2. The van der Waals surface area contributed by atoms with E-state index < -0.39 is 29.8 Å². The molecule has 1 aromatic carbocycles. The lowest BCUT2D eigenvalue weighted by Crippen LogP contribution is -2.52. The van der Waals surface area contributed by atoms with Crippen molar-refractivity contribution < 1.29 is 28.3 Å². The molecule has 1 saturated heterocycles. The average Bonchev–Trinajstić information content (AvgIpc) is 3.37. The maximum atomic E-state index is 15.2. The Kier molecular flexibility index (Phi) is 6.27. The van der Waals surface area contributed by atoms with E-state index >= 15 is 4.39 Å². The Bertz CT molecular complexity index is 1270. The van der Waals surface area contributed by atoms with Crippen LogP contribution in [0.2, 0.25) is 0 Å². The van der Waals surface area contributed by atoms with Crippen LogP contribution in [0.1, 0.15) is 70.2 Å². The lowest BCUT2D eigenvalue weighted by Gasteiger charge is -2.29. The van der Waals surface area contributed by atoms with Gasteiger partial charge in [-0.2, -0.15) is 0 Å². The standard InChI is InChI=1S/C25H27FN4O5S/c1-25(2)8-7-15-17(9-25)36-19(28-15)12-35-24(34)27-10-13-3-4-14-11-30(23(33)20(14)21(13)26)16-5-6-18(31)29-22(16)32/h3-4,16H,5-12H2,1-2H3,(H,27,34)(H,29,31,32)/t16-/m0/s1. The molecule has 5 rings (SSSR count). The van der Waals surface area contributed by atoms with Crippen LogP contribution in [-0.2, 0) is 46.9 Å². The number of imide groups is 1. The quantitative estimate of drug-likeness (QED) is 0.593. The predicted octanol–water partition coefficient (Wildman–Crippen LogP) is 2.98. The molecular formula is C25H27FN4O5S. The van der Waals surface area contributed by atoms with Gasteiger partial charge in [0.05, 0.1) is 11.3 Å². The van der Waals surface area contributed by atoms with Crippen LogP contribution in [0, 0.1) is 11.2 Å². The monoisotopic (exact) mass is 514 g/mol. The number of halogens is 1. The van der Waals surface area contributed by atoms with Gasteiger partial charge in [0.15, 0.2) is 0 Å². The molecule has 0 spiro atoms. The molecule has 36 heavy (non-hydrogen) atoms. The van der Waals surface area contributed by atoms with E-state index in [1.54, 1.807) is 17.4 Å². The number of piperidine rings is 1. The number of carbonyl (C=O) groups is 4. The molecule has 0 saturated carbocycles. The maximum Gasteiger partial charge on any atom is 0.407 e. The van der Waals surface area contributed by atoms with Crippen LogP contribution in [0.3, 0.4) is 0 Å². The van der Waals surface area contributed by atoms with Crippen molar-refractivity contribution in [2.24, 2.45) is 5.41 Å². The fourth-order valence-electron chi connectivity index (χ4n) is 4.95. The highest BCUT2D eigenvalue weighted by Gasteiger charge is 2.40. The Balaban J connectivity index is 1.18. The zero-order chi connectivity index (χ0) is 25.6. The lowest BCUT2D eigenvalue weighted by atomic mass is 9.79. The smallest absolute Gasteiger partial charge is 0.407 e. The molecule has 4 amide bonds. The molecule has 2 aliphatic heterocycles. The molecule has 0 bridgehead atoms. The summed E-state index contributed by atoms with van der Waals surface area (Å²) in [5, 5.41) is 5.48. The summed E-state index contributed by atoms with van der Waals surface area (Å²) in [5.74, 6) is -2.27. The van der Waals surface area contributed by atoms with E-state index in [1.165, 1.54) is 15.8 Å². The van der Waals surface area contributed by atoms with Crippen LogP contribution in [0.25, 0.3) is 0 Å². The van der Waals surface area contributed by atoms with E-state index in [-0.39, 0.29) is 55.0 Å². The minimum Gasteiger partial charge on any atom is -0.442 e. The zero-order valence-corrected chi connectivity index (χ0v) is 20.9. The number of aryl methyl sites for hydroxylation is 1. The molecule has 2 aromatic rings. The molecule has 1 atom stereocenters. The van der Waals surface area contributed by atoms with Crippen LogP contribution in [0.15, 0.2) is 12.1 Å². The third-order valence-corrected chi connectivity index (χ3v) is 8.03. The number of amides is 4. The lowest BCUT2D eigenvalue weighted by molar-refractivity contribution is -0.136. The number of nitrogens with zero attached hydrogens (tertiary/aromatic N) is 2. The summed E-state index contributed by atoms with van der Waals surface area (Å²) in [4.78, 5) is 55.9. The average molecular weight is 515 g/mol. The fraction of sp³-hybridized carbons (Fsp3) is 0.480. The first-order valence-electron chi connectivity index (χ1n) is 11.9. The van der Waals surface area contributed by atoms with Gasteiger partial charge in [-0.05, 0) is 36.7 Å². The Labute approximate surface area is 211 Å². The molecule has 3 aliphatic rings. The summed E-state index contributed by atoms with van der Waals surface area (Å²) in [6, 6.07) is 2.31. The minimum atomic E-state index is -0.818. The van der Waals surface area contributed by atoms with Crippen molar-refractivity contribution in [3.63, 3.8) is 0 Å². The molecule has 1 fully saturated rings. The van der Waals surface area contributed by atoms with Crippen molar-refractivity contribution in [3.05, 3.63) is 50.2 Å². The normalized spacial score (nSPS) is 20.6. The largest absolute Gasteiger partial charge is 0.442 e. The molecule has 0 radical (unpaired) electrons. The Hall–Kier alpha value is -3.34. The van der Waals surface area contributed by atoms with Crippen molar-refractivity contribution in [1.29, 1.82) is 0 Å². The van der Waals surface area contributed by atoms with E-state index in [9.17, 15) is 19.2 Å². The summed E-state index contributed by atoms with van der Waals surface area (Å²) in [6.45, 7) is 4.43. The Morgan fingerprint density at radius 1 is 1.31 bits per heavy atom. The fourth-order valence-corrected chi connectivity index (χ4v) is 6.23. The van der Waals surface area contributed by atoms with Crippen LogP contribution >= 0.6 is 11.3 Å². The van der Waals surface area contributed by atoms with Gasteiger partial charge >= 0.3 is 6.09 Å². The number of rotatable bonds is 5. The van der Waals surface area contributed by atoms with Gasteiger partial charge in [0.1, 0.15) is 23.5 Å². The molecule has 11 heteroatoms. The highest BCUT2D eigenvalue weighted by Crippen LogP contribution is 2.37. The molecule has 1 aromatic heterocycles. The Morgan fingerprint density at radius 3 is 2.89 bits per heavy atom. The van der Waals surface area contributed by atoms with Crippen LogP contribution < -0.4 is 10.6 Å². The van der Waals surface area contributed by atoms with Crippen LogP contribution in [0.4, 0.5) is 9.18 Å². The van der Waals surface area contributed by atoms with Gasteiger partial charge in [-0.3, -0.25) is 19.7 Å². The number of hydrogen-bond donors (Lipinski definition) is 2. The zero-order valence-electron chi connectivity index (χ0n) is 20.1. The minimum absolute atomic E-state index is 0.0377. The van der Waals surface area contributed by atoms with Crippen LogP contribution in [0.5, 0.6) is 0 Å². The summed E-state index contributed by atoms with van der Waals surface area (Å²) in [5.41, 5.74) is 1.81. The molecule has 0 unspecified atom stereocenters. The first-order chi connectivity index (χ1) is 17.1. The number of nitrogens with one attached hydrogen (secondary N) is 2. The van der Waals surface area contributed by atoms with Crippen molar-refractivity contribution in [1.82, 2.24) is 20.5 Å². The summed E-state index contributed by atoms with van der Waals surface area (Å²) in [7, 11) is 0. The summed E-state index contributed by atoms with van der Waals surface area (Å²) in [6.07, 6.45) is 2.57. The predicted molar refractivity (Wildman–Crippen MR) is 127 cm³/mol. The van der Waals surface area contributed by atoms with E-state index in [4.69, 9.17) is 4.74 Å². The van der Waals surface area contributed by atoms with Gasteiger partial charge < -0.3 is 15.0 Å². The summed E-state index contributed by atoms with van der Waals surface area (Å²) < 4.78 is 20.5. The second-order valence-corrected chi connectivity index (χ2v) is 11.4. The van der Waals surface area contributed by atoms with Gasteiger partial charge in [-0.15, -0.1) is 11.3 Å². The van der Waals surface area contributed by atoms with Crippen molar-refractivity contribution in [3.8, 4) is 0 Å². The van der Waals surface area contributed by atoms with Crippen molar-refractivity contribution >= 4 is 35.2 Å². The van der Waals surface area contributed by atoms with E-state index in [2.05, 4.69) is 29.5 Å². The van der Waals surface area contributed by atoms with Crippen molar-refractivity contribution in [2.75, 3.05) is 0 Å². The number of aromatic nitrogens is 1. The Morgan fingerprint density at radius 2 is 2.11 bits per heavy atom. The third kappa shape index (κ3) is 4.71. The van der Waals surface area contributed by atoms with E-state index in [1.807, 2.05) is 0 Å². The topological polar surface area (TPSA) is 118 Å². The number of hydrogen-bond acceptors (Lipinski definition) is 7. The highest BCUT2D eigenvalue weighted by atomic mass is 32.1. The van der Waals surface area contributed by atoms with Gasteiger partial charge in [0.2, 0.25) is 11.8 Å². The first-order valence-corrected chi connectivity index (χ1v) is 12.8. The van der Waals surface area contributed by atoms with Crippen LogP contribution in [-0.4, -0.2) is 39.7 Å². The molecular weight excluding hydrogens is 487 g/mol. The van der Waals surface area contributed by atoms with E-state index in [0.717, 1.165) is 30.0 Å². The van der Waals surface area contributed by atoms with Gasteiger partial charge in [-0.25, -0.2) is 14.2 Å². The maximum absolute atomic E-state index is 15.2. The molecule has 3 heterocycles. The molecule has 9 nitrogen and oxygen atoms in total. The molecule has 2 N–H and O–H groups in total. The number of benzene rings is 1. The van der Waals surface area contributed by atoms with Crippen molar-refractivity contribution in [2.45, 2.75) is 71.7 Å².